The molecule has 1 fully saturated rings. The van der Waals surface area contributed by atoms with Gasteiger partial charge >= 0.3 is 0 Å². The summed E-state index contributed by atoms with van der Waals surface area (Å²) >= 11 is 1.67. The molecule has 1 aliphatic heterocycles. The van der Waals surface area contributed by atoms with Gasteiger partial charge in [-0.05, 0) is 25.0 Å². The number of aromatic nitrogens is 2. The van der Waals surface area contributed by atoms with E-state index in [0.29, 0.717) is 6.04 Å². The topological polar surface area (TPSA) is 41.0 Å². The largest absolute Gasteiger partial charge is 0.359 e. The van der Waals surface area contributed by atoms with Crippen LogP contribution in [0.2, 0.25) is 0 Å². The summed E-state index contributed by atoms with van der Waals surface area (Å²) < 4.78 is 0. The fourth-order valence-electron chi connectivity index (χ4n) is 2.26. The second-order valence-corrected chi connectivity index (χ2v) is 5.33. The molecule has 0 aliphatic carbocycles. The van der Waals surface area contributed by atoms with Gasteiger partial charge in [-0.2, -0.15) is 0 Å². The van der Waals surface area contributed by atoms with Gasteiger partial charge in [-0.1, -0.05) is 6.07 Å². The van der Waals surface area contributed by atoms with Crippen LogP contribution in [0.4, 0.5) is 10.9 Å². The Balaban J connectivity index is 1.55. The number of piperidine rings is 1. The number of hydrogen-bond donors (Lipinski definition) is 1. The molecule has 3 rings (SSSR count). The van der Waals surface area contributed by atoms with E-state index in [0.717, 1.165) is 36.9 Å². The lowest BCUT2D eigenvalue weighted by molar-refractivity contribution is 0.523. The molecule has 0 unspecified atom stereocenters. The molecule has 0 radical (unpaired) electrons. The lowest BCUT2D eigenvalue weighted by Gasteiger charge is -2.33. The van der Waals surface area contributed by atoms with Crippen molar-refractivity contribution in [2.75, 3.05) is 23.3 Å². The SMILES string of the molecule is c1ccc(N2CCC(Nc3nccs3)CC2)nc1. The quantitative estimate of drug-likeness (QED) is 0.921. The highest BCUT2D eigenvalue weighted by Gasteiger charge is 2.20. The monoisotopic (exact) mass is 260 g/mol. The van der Waals surface area contributed by atoms with Gasteiger partial charge in [0.1, 0.15) is 5.82 Å². The molecule has 4 nitrogen and oxygen atoms in total. The van der Waals surface area contributed by atoms with E-state index in [-0.39, 0.29) is 0 Å². The van der Waals surface area contributed by atoms with Crippen LogP contribution in [0.3, 0.4) is 0 Å². The summed E-state index contributed by atoms with van der Waals surface area (Å²) in [4.78, 5) is 11.0. The van der Waals surface area contributed by atoms with Crippen LogP contribution in [0.1, 0.15) is 12.8 Å². The van der Waals surface area contributed by atoms with Gasteiger partial charge in [0.05, 0.1) is 0 Å². The second kappa shape index (κ2) is 5.35. The van der Waals surface area contributed by atoms with E-state index in [9.17, 15) is 0 Å². The molecular weight excluding hydrogens is 244 g/mol. The number of nitrogens with zero attached hydrogens (tertiary/aromatic N) is 3. The van der Waals surface area contributed by atoms with Crippen molar-refractivity contribution in [1.29, 1.82) is 0 Å². The summed E-state index contributed by atoms with van der Waals surface area (Å²) in [7, 11) is 0. The number of nitrogens with one attached hydrogen (secondary N) is 1. The summed E-state index contributed by atoms with van der Waals surface area (Å²) in [5, 5.41) is 6.53. The molecule has 0 spiro atoms. The van der Waals surface area contributed by atoms with Gasteiger partial charge in [-0.25, -0.2) is 9.97 Å². The lowest BCUT2D eigenvalue weighted by Crippen LogP contribution is -2.39. The van der Waals surface area contributed by atoms with Gasteiger partial charge < -0.3 is 10.2 Å². The van der Waals surface area contributed by atoms with E-state index in [2.05, 4.69) is 26.3 Å². The van der Waals surface area contributed by atoms with E-state index >= 15 is 0 Å². The van der Waals surface area contributed by atoms with Crippen molar-refractivity contribution in [2.24, 2.45) is 0 Å². The van der Waals surface area contributed by atoms with Crippen molar-refractivity contribution in [1.82, 2.24) is 9.97 Å². The Kier molecular flexibility index (Phi) is 3.41. The van der Waals surface area contributed by atoms with Crippen LogP contribution in [0.5, 0.6) is 0 Å². The third-order valence-electron chi connectivity index (χ3n) is 3.23. The molecular formula is C13H16N4S. The highest BCUT2D eigenvalue weighted by molar-refractivity contribution is 7.13. The van der Waals surface area contributed by atoms with E-state index in [1.807, 2.05) is 29.9 Å². The minimum absolute atomic E-state index is 0.538. The molecule has 1 saturated heterocycles. The molecule has 1 aliphatic rings. The van der Waals surface area contributed by atoms with Crippen LogP contribution in [0.25, 0.3) is 0 Å². The smallest absolute Gasteiger partial charge is 0.182 e. The van der Waals surface area contributed by atoms with E-state index in [1.165, 1.54) is 0 Å². The van der Waals surface area contributed by atoms with E-state index in [4.69, 9.17) is 0 Å². The van der Waals surface area contributed by atoms with Gasteiger partial charge in [0.25, 0.3) is 0 Å². The molecule has 2 aromatic rings. The van der Waals surface area contributed by atoms with Crippen molar-refractivity contribution in [3.8, 4) is 0 Å². The van der Waals surface area contributed by atoms with Crippen LogP contribution in [0, 0.1) is 0 Å². The van der Waals surface area contributed by atoms with Crippen LogP contribution < -0.4 is 10.2 Å². The average molecular weight is 260 g/mol. The van der Waals surface area contributed by atoms with Crippen molar-refractivity contribution < 1.29 is 0 Å². The Labute approximate surface area is 111 Å². The van der Waals surface area contributed by atoms with E-state index < -0.39 is 0 Å². The molecule has 0 atom stereocenters. The fourth-order valence-corrected chi connectivity index (χ4v) is 2.87. The lowest BCUT2D eigenvalue weighted by atomic mass is 10.1. The Morgan fingerprint density at radius 2 is 2.06 bits per heavy atom. The number of pyridine rings is 1. The van der Waals surface area contributed by atoms with Crippen molar-refractivity contribution in [2.45, 2.75) is 18.9 Å². The maximum Gasteiger partial charge on any atom is 0.182 e. The Morgan fingerprint density at radius 1 is 1.17 bits per heavy atom. The molecule has 5 heteroatoms. The summed E-state index contributed by atoms with van der Waals surface area (Å²) in [5.74, 6) is 1.09. The van der Waals surface area contributed by atoms with Gasteiger partial charge in [0.15, 0.2) is 5.13 Å². The first-order chi connectivity index (χ1) is 8.92. The molecule has 0 amide bonds. The van der Waals surface area contributed by atoms with Crippen LogP contribution in [-0.4, -0.2) is 29.1 Å². The summed E-state index contributed by atoms with van der Waals surface area (Å²) in [6, 6.07) is 6.62. The molecule has 0 bridgehead atoms. The van der Waals surface area contributed by atoms with Crippen molar-refractivity contribution >= 4 is 22.3 Å². The fraction of sp³-hybridized carbons (Fsp3) is 0.385. The first kappa shape index (κ1) is 11.5. The third kappa shape index (κ3) is 2.61. The standard InChI is InChI=1S/C13H16N4S/c1-2-6-14-12(3-1)17-8-4-11(5-9-17)16-13-15-7-10-18-13/h1-3,6-7,10-11H,4-5,8-9H2,(H,15,16). The van der Waals surface area contributed by atoms with Crippen LogP contribution in [0.15, 0.2) is 36.0 Å². The maximum atomic E-state index is 4.40. The third-order valence-corrected chi connectivity index (χ3v) is 3.93. The first-order valence-electron chi connectivity index (χ1n) is 6.24. The maximum absolute atomic E-state index is 4.40. The molecule has 3 heterocycles. The molecule has 94 valence electrons. The van der Waals surface area contributed by atoms with E-state index in [1.54, 1.807) is 11.3 Å². The normalized spacial score (nSPS) is 16.8. The highest BCUT2D eigenvalue weighted by Crippen LogP contribution is 2.21. The minimum atomic E-state index is 0.538. The summed E-state index contributed by atoms with van der Waals surface area (Å²) in [5.41, 5.74) is 0. The highest BCUT2D eigenvalue weighted by atomic mass is 32.1. The predicted molar refractivity (Wildman–Crippen MR) is 75.2 cm³/mol. The average Bonchev–Trinajstić information content (AvgIpc) is 2.94. The van der Waals surface area contributed by atoms with Crippen molar-refractivity contribution in [3.63, 3.8) is 0 Å². The van der Waals surface area contributed by atoms with Crippen LogP contribution in [-0.2, 0) is 0 Å². The molecule has 0 aromatic carbocycles. The first-order valence-corrected chi connectivity index (χ1v) is 7.12. The zero-order valence-corrected chi connectivity index (χ0v) is 10.9. The van der Waals surface area contributed by atoms with Crippen LogP contribution >= 0.6 is 11.3 Å². The summed E-state index contributed by atoms with van der Waals surface area (Å²) in [6.07, 6.45) is 5.97. The molecule has 1 N–H and O–H groups in total. The zero-order valence-electron chi connectivity index (χ0n) is 10.1. The number of hydrogen-bond acceptors (Lipinski definition) is 5. The number of anilines is 2. The van der Waals surface area contributed by atoms with Gasteiger partial charge in [-0.3, -0.25) is 0 Å². The van der Waals surface area contributed by atoms with Gasteiger partial charge in [-0.15, -0.1) is 11.3 Å². The molecule has 0 saturated carbocycles. The Morgan fingerprint density at radius 3 is 2.72 bits per heavy atom. The zero-order chi connectivity index (χ0) is 12.2. The Hall–Kier alpha value is -1.62. The number of thiazole rings is 1. The van der Waals surface area contributed by atoms with Gasteiger partial charge in [0.2, 0.25) is 0 Å². The molecule has 18 heavy (non-hydrogen) atoms. The van der Waals surface area contributed by atoms with Gasteiger partial charge in [0, 0.05) is 36.9 Å². The molecule has 2 aromatic heterocycles. The minimum Gasteiger partial charge on any atom is -0.359 e. The Bertz CT molecular complexity index is 463. The second-order valence-electron chi connectivity index (χ2n) is 4.43. The van der Waals surface area contributed by atoms with Crippen molar-refractivity contribution in [3.05, 3.63) is 36.0 Å². The number of rotatable bonds is 3. The predicted octanol–water partition coefficient (Wildman–Crippen LogP) is 2.62. The summed E-state index contributed by atoms with van der Waals surface area (Å²) in [6.45, 7) is 2.11.